The van der Waals surface area contributed by atoms with Gasteiger partial charge in [0.2, 0.25) is 5.91 Å². The van der Waals surface area contributed by atoms with E-state index < -0.39 is 6.04 Å². The van der Waals surface area contributed by atoms with Crippen molar-refractivity contribution in [1.29, 1.82) is 0 Å². The summed E-state index contributed by atoms with van der Waals surface area (Å²) in [6.07, 6.45) is 6.34. The molecule has 6 heteroatoms. The summed E-state index contributed by atoms with van der Waals surface area (Å²) in [5.41, 5.74) is 0.704. The molecule has 2 aromatic rings. The number of pyridine rings is 1. The van der Waals surface area contributed by atoms with Crippen LogP contribution in [0.15, 0.2) is 36.9 Å². The fraction of sp³-hybridized carbons (Fsp3) is 0.182. The fourth-order valence-corrected chi connectivity index (χ4v) is 1.47. The molecule has 0 spiro atoms. The average molecular weight is 251 g/mol. The number of anilines is 1. The van der Waals surface area contributed by atoms with Gasteiger partial charge in [-0.25, -0.2) is 0 Å². The van der Waals surface area contributed by atoms with E-state index in [-0.39, 0.29) is 5.91 Å². The Hall–Kier alpha value is -1.88. The number of rotatable bonds is 3. The molecule has 0 radical (unpaired) electrons. The number of hydrogen-bond donors (Lipinski definition) is 1. The minimum atomic E-state index is -0.421. The summed E-state index contributed by atoms with van der Waals surface area (Å²) in [6.45, 7) is 1.75. The van der Waals surface area contributed by atoms with Crippen LogP contribution in [0.4, 0.5) is 5.69 Å². The van der Waals surface area contributed by atoms with Gasteiger partial charge < -0.3 is 5.32 Å². The first-order valence-corrected chi connectivity index (χ1v) is 5.45. The number of nitrogens with zero attached hydrogens (tertiary/aromatic N) is 3. The number of nitrogens with one attached hydrogen (secondary N) is 1. The van der Waals surface area contributed by atoms with Crippen LogP contribution < -0.4 is 5.32 Å². The Morgan fingerprint density at radius 1 is 1.47 bits per heavy atom. The standard InChI is InChI=1S/C11H11ClN4O/c1-8(16-7-9(12)6-14-16)11(17)15-10-2-4-13-5-3-10/h2-8H,1H3,(H,13,15,17). The summed E-state index contributed by atoms with van der Waals surface area (Å²) in [4.78, 5) is 15.8. The van der Waals surface area contributed by atoms with Gasteiger partial charge in [-0.05, 0) is 19.1 Å². The molecule has 17 heavy (non-hydrogen) atoms. The number of aromatic nitrogens is 3. The SMILES string of the molecule is CC(C(=O)Nc1ccncc1)n1cc(Cl)cn1. The van der Waals surface area contributed by atoms with Gasteiger partial charge >= 0.3 is 0 Å². The summed E-state index contributed by atoms with van der Waals surface area (Å²) in [7, 11) is 0. The molecule has 0 aliphatic rings. The van der Waals surface area contributed by atoms with Crippen molar-refractivity contribution >= 4 is 23.2 Å². The predicted octanol–water partition coefficient (Wildman–Crippen LogP) is 2.13. The lowest BCUT2D eigenvalue weighted by Crippen LogP contribution is -2.23. The largest absolute Gasteiger partial charge is 0.324 e. The van der Waals surface area contributed by atoms with Gasteiger partial charge in [-0.3, -0.25) is 14.5 Å². The second-order valence-corrected chi connectivity index (χ2v) is 3.98. The molecule has 5 nitrogen and oxygen atoms in total. The van der Waals surface area contributed by atoms with E-state index in [0.717, 1.165) is 0 Å². The molecule has 1 amide bonds. The van der Waals surface area contributed by atoms with Crippen LogP contribution in [0.5, 0.6) is 0 Å². The number of carbonyl (C=O) groups excluding carboxylic acids is 1. The molecule has 2 aromatic heterocycles. The molecule has 0 bridgehead atoms. The third-order valence-corrected chi connectivity index (χ3v) is 2.49. The van der Waals surface area contributed by atoms with Crippen LogP contribution in [0.3, 0.4) is 0 Å². The molecule has 0 aromatic carbocycles. The summed E-state index contributed by atoms with van der Waals surface area (Å²) < 4.78 is 1.51. The Bertz CT molecular complexity index is 511. The highest BCUT2D eigenvalue weighted by Crippen LogP contribution is 2.13. The average Bonchev–Trinajstić information content (AvgIpc) is 2.76. The third kappa shape index (κ3) is 2.82. The summed E-state index contributed by atoms with van der Waals surface area (Å²) >= 11 is 5.75. The van der Waals surface area contributed by atoms with Crippen LogP contribution in [0.1, 0.15) is 13.0 Å². The Morgan fingerprint density at radius 3 is 2.76 bits per heavy atom. The first-order valence-electron chi connectivity index (χ1n) is 5.07. The van der Waals surface area contributed by atoms with Crippen LogP contribution in [-0.2, 0) is 4.79 Å². The normalized spacial score (nSPS) is 12.1. The monoisotopic (exact) mass is 250 g/mol. The lowest BCUT2D eigenvalue weighted by molar-refractivity contribution is -0.119. The molecule has 2 rings (SSSR count). The molecule has 2 heterocycles. The van der Waals surface area contributed by atoms with E-state index in [9.17, 15) is 4.79 Å². The molecule has 0 saturated heterocycles. The highest BCUT2D eigenvalue weighted by molar-refractivity contribution is 6.30. The minimum Gasteiger partial charge on any atom is -0.324 e. The van der Waals surface area contributed by atoms with Crippen molar-refractivity contribution in [1.82, 2.24) is 14.8 Å². The van der Waals surface area contributed by atoms with Crippen molar-refractivity contribution in [2.45, 2.75) is 13.0 Å². The van der Waals surface area contributed by atoms with Crippen LogP contribution in [0.25, 0.3) is 0 Å². The maximum absolute atomic E-state index is 11.9. The summed E-state index contributed by atoms with van der Waals surface area (Å²) in [6, 6.07) is 3.03. The predicted molar refractivity (Wildman–Crippen MR) is 64.8 cm³/mol. The number of amides is 1. The highest BCUT2D eigenvalue weighted by Gasteiger charge is 2.15. The van der Waals surface area contributed by atoms with Gasteiger partial charge in [0.15, 0.2) is 0 Å². The Morgan fingerprint density at radius 2 is 2.18 bits per heavy atom. The third-order valence-electron chi connectivity index (χ3n) is 2.29. The van der Waals surface area contributed by atoms with Gasteiger partial charge in [0.1, 0.15) is 6.04 Å². The van der Waals surface area contributed by atoms with Crippen LogP contribution in [0, 0.1) is 0 Å². The molecule has 0 aliphatic heterocycles. The van der Waals surface area contributed by atoms with Crippen LogP contribution in [-0.4, -0.2) is 20.7 Å². The Kier molecular flexibility index (Phi) is 3.39. The molecule has 0 saturated carbocycles. The molecule has 1 N–H and O–H groups in total. The topological polar surface area (TPSA) is 59.8 Å². The van der Waals surface area contributed by atoms with E-state index in [0.29, 0.717) is 10.7 Å². The smallest absolute Gasteiger partial charge is 0.248 e. The summed E-state index contributed by atoms with van der Waals surface area (Å²) in [5, 5.41) is 7.26. The van der Waals surface area contributed by atoms with Crippen molar-refractivity contribution < 1.29 is 4.79 Å². The molecule has 0 aliphatic carbocycles. The zero-order chi connectivity index (χ0) is 12.3. The summed E-state index contributed by atoms with van der Waals surface area (Å²) in [5.74, 6) is -0.157. The lowest BCUT2D eigenvalue weighted by atomic mass is 10.3. The zero-order valence-corrected chi connectivity index (χ0v) is 9.93. The van der Waals surface area contributed by atoms with Gasteiger partial charge in [-0.2, -0.15) is 5.10 Å². The molecule has 1 atom stereocenters. The van der Waals surface area contributed by atoms with E-state index >= 15 is 0 Å². The van der Waals surface area contributed by atoms with Gasteiger partial charge in [-0.1, -0.05) is 11.6 Å². The van der Waals surface area contributed by atoms with Gasteiger partial charge in [0.25, 0.3) is 0 Å². The van der Waals surface area contributed by atoms with Crippen molar-refractivity contribution in [3.05, 3.63) is 41.9 Å². The number of carbonyl (C=O) groups is 1. The molecule has 0 fully saturated rings. The van der Waals surface area contributed by atoms with Crippen molar-refractivity contribution in [3.63, 3.8) is 0 Å². The Balaban J connectivity index is 2.06. The fourth-order valence-electron chi connectivity index (χ4n) is 1.33. The van der Waals surface area contributed by atoms with E-state index in [2.05, 4.69) is 15.4 Å². The first-order chi connectivity index (χ1) is 8.16. The van der Waals surface area contributed by atoms with E-state index in [1.54, 1.807) is 37.6 Å². The maximum Gasteiger partial charge on any atom is 0.248 e. The van der Waals surface area contributed by atoms with Crippen molar-refractivity contribution in [2.24, 2.45) is 0 Å². The lowest BCUT2D eigenvalue weighted by Gasteiger charge is -2.12. The van der Waals surface area contributed by atoms with E-state index in [4.69, 9.17) is 11.6 Å². The molecule has 1 unspecified atom stereocenters. The quantitative estimate of drug-likeness (QED) is 0.908. The van der Waals surface area contributed by atoms with Crippen molar-refractivity contribution in [2.75, 3.05) is 5.32 Å². The van der Waals surface area contributed by atoms with E-state index in [1.807, 2.05) is 0 Å². The first kappa shape index (κ1) is 11.6. The maximum atomic E-state index is 11.9. The number of hydrogen-bond acceptors (Lipinski definition) is 3. The molecule has 88 valence electrons. The highest BCUT2D eigenvalue weighted by atomic mass is 35.5. The van der Waals surface area contributed by atoms with Crippen molar-refractivity contribution in [3.8, 4) is 0 Å². The number of halogens is 1. The van der Waals surface area contributed by atoms with Gasteiger partial charge in [-0.15, -0.1) is 0 Å². The second-order valence-electron chi connectivity index (χ2n) is 3.54. The second kappa shape index (κ2) is 4.97. The van der Waals surface area contributed by atoms with Gasteiger partial charge in [0.05, 0.1) is 11.2 Å². The molecular weight excluding hydrogens is 240 g/mol. The molecular formula is C11H11ClN4O. The Labute approximate surface area is 103 Å². The van der Waals surface area contributed by atoms with Crippen LogP contribution >= 0.6 is 11.6 Å². The minimum absolute atomic E-state index is 0.157. The van der Waals surface area contributed by atoms with Gasteiger partial charge in [0, 0.05) is 24.3 Å². The van der Waals surface area contributed by atoms with E-state index in [1.165, 1.54) is 10.9 Å². The zero-order valence-electron chi connectivity index (χ0n) is 9.17. The van der Waals surface area contributed by atoms with Crippen LogP contribution in [0.2, 0.25) is 5.02 Å².